The van der Waals surface area contributed by atoms with Crippen LogP contribution < -0.4 is 18.9 Å². The van der Waals surface area contributed by atoms with Gasteiger partial charge in [0.1, 0.15) is 0 Å². The van der Waals surface area contributed by atoms with Crippen LogP contribution in [0, 0.1) is 0 Å². The maximum Gasteiger partial charge on any atom is 0.387 e. The molecule has 2 aromatic carbocycles. The maximum atomic E-state index is 12.6. The van der Waals surface area contributed by atoms with Crippen molar-refractivity contribution in [3.8, 4) is 23.0 Å². The SMILES string of the molecule is CCOc1cc(C(=O)Oc2ccc(C3SCCS3)cc2OC)ccc1OC(F)F. The summed E-state index contributed by atoms with van der Waals surface area (Å²) < 4.78 is 46.0. The van der Waals surface area contributed by atoms with Crippen LogP contribution in [0.1, 0.15) is 27.4 Å². The average Bonchev–Trinajstić information content (AvgIpc) is 3.24. The minimum atomic E-state index is -2.99. The highest BCUT2D eigenvalue weighted by atomic mass is 32.2. The zero-order valence-electron chi connectivity index (χ0n) is 15.9. The Bertz CT molecular complexity index is 857. The van der Waals surface area contributed by atoms with Crippen LogP contribution in [0.5, 0.6) is 23.0 Å². The van der Waals surface area contributed by atoms with Gasteiger partial charge in [0.25, 0.3) is 0 Å². The minimum Gasteiger partial charge on any atom is -0.493 e. The molecule has 1 aliphatic rings. The van der Waals surface area contributed by atoms with Crippen LogP contribution >= 0.6 is 23.5 Å². The highest BCUT2D eigenvalue weighted by Crippen LogP contribution is 2.47. The number of hydrogen-bond donors (Lipinski definition) is 0. The molecule has 0 amide bonds. The fourth-order valence-electron chi connectivity index (χ4n) is 2.72. The number of methoxy groups -OCH3 is 1. The minimum absolute atomic E-state index is 0.0415. The fourth-order valence-corrected chi connectivity index (χ4v) is 5.56. The predicted molar refractivity (Wildman–Crippen MR) is 110 cm³/mol. The van der Waals surface area contributed by atoms with Crippen molar-refractivity contribution in [2.75, 3.05) is 25.2 Å². The number of ether oxygens (including phenoxy) is 4. The molecule has 0 radical (unpaired) electrons. The van der Waals surface area contributed by atoms with Gasteiger partial charge in [0, 0.05) is 11.5 Å². The first kappa shape index (κ1) is 21.6. The van der Waals surface area contributed by atoms with E-state index in [0.29, 0.717) is 10.3 Å². The van der Waals surface area contributed by atoms with E-state index in [-0.39, 0.29) is 29.4 Å². The van der Waals surface area contributed by atoms with Crippen LogP contribution in [0.3, 0.4) is 0 Å². The van der Waals surface area contributed by atoms with Crippen molar-refractivity contribution in [3.63, 3.8) is 0 Å². The van der Waals surface area contributed by atoms with E-state index in [1.54, 1.807) is 13.0 Å². The van der Waals surface area contributed by atoms with Crippen molar-refractivity contribution in [2.24, 2.45) is 0 Å². The lowest BCUT2D eigenvalue weighted by atomic mass is 10.2. The smallest absolute Gasteiger partial charge is 0.387 e. The summed E-state index contributed by atoms with van der Waals surface area (Å²) in [5.41, 5.74) is 1.24. The number of esters is 1. The molecule has 1 saturated heterocycles. The highest BCUT2D eigenvalue weighted by molar-refractivity contribution is 8.19. The first-order chi connectivity index (χ1) is 14.0. The molecule has 2 aromatic rings. The molecule has 0 N–H and O–H groups in total. The number of carbonyl (C=O) groups is 1. The lowest BCUT2D eigenvalue weighted by Crippen LogP contribution is -2.11. The van der Waals surface area contributed by atoms with Crippen LogP contribution in [0.25, 0.3) is 0 Å². The van der Waals surface area contributed by atoms with Crippen molar-refractivity contribution in [3.05, 3.63) is 47.5 Å². The zero-order chi connectivity index (χ0) is 20.8. The topological polar surface area (TPSA) is 54.0 Å². The van der Waals surface area contributed by atoms with Gasteiger partial charge >= 0.3 is 12.6 Å². The van der Waals surface area contributed by atoms with Crippen molar-refractivity contribution in [2.45, 2.75) is 18.1 Å². The molecule has 0 saturated carbocycles. The molecular formula is C20H20F2O5S2. The quantitative estimate of drug-likeness (QED) is 0.401. The Balaban J connectivity index is 1.79. The second-order valence-corrected chi connectivity index (χ2v) is 8.57. The number of benzene rings is 2. The molecule has 0 aromatic heterocycles. The normalized spacial score (nSPS) is 14.1. The van der Waals surface area contributed by atoms with Gasteiger partial charge in [0.05, 0.1) is 23.9 Å². The molecule has 0 unspecified atom stereocenters. The summed E-state index contributed by atoms with van der Waals surface area (Å²) in [6.07, 6.45) is 0. The second-order valence-electron chi connectivity index (χ2n) is 5.85. The third-order valence-corrected chi connectivity index (χ3v) is 7.08. The van der Waals surface area contributed by atoms with E-state index in [0.717, 1.165) is 17.1 Å². The number of carbonyl (C=O) groups excluding carboxylic acids is 1. The average molecular weight is 443 g/mol. The largest absolute Gasteiger partial charge is 0.493 e. The molecule has 29 heavy (non-hydrogen) atoms. The van der Waals surface area contributed by atoms with Crippen LogP contribution in [0.4, 0.5) is 8.78 Å². The van der Waals surface area contributed by atoms with Gasteiger partial charge in [-0.3, -0.25) is 0 Å². The first-order valence-electron chi connectivity index (χ1n) is 8.86. The van der Waals surface area contributed by atoms with Crippen LogP contribution in [0.15, 0.2) is 36.4 Å². The van der Waals surface area contributed by atoms with Crippen molar-refractivity contribution in [1.82, 2.24) is 0 Å². The second kappa shape index (κ2) is 10.1. The van der Waals surface area contributed by atoms with E-state index in [4.69, 9.17) is 14.2 Å². The van der Waals surface area contributed by atoms with E-state index in [1.165, 1.54) is 25.3 Å². The molecule has 0 spiro atoms. The molecule has 1 heterocycles. The number of alkyl halides is 2. The first-order valence-corrected chi connectivity index (χ1v) is 11.0. The Morgan fingerprint density at radius 1 is 1.07 bits per heavy atom. The standard InChI is InChI=1S/C20H20F2O5S2/c1-3-25-17-10-12(4-6-15(17)27-20(21)22)18(23)26-14-7-5-13(11-16(14)24-2)19-28-8-9-29-19/h4-7,10-11,19-20H,3,8-9H2,1-2H3. The fraction of sp³-hybridized carbons (Fsp3) is 0.350. The number of halogens is 2. The predicted octanol–water partition coefficient (Wildman–Crippen LogP) is 5.39. The van der Waals surface area contributed by atoms with Gasteiger partial charge in [-0.15, -0.1) is 23.5 Å². The summed E-state index contributed by atoms with van der Waals surface area (Å²) in [5, 5.41) is 0. The summed E-state index contributed by atoms with van der Waals surface area (Å²) in [5.74, 6) is 2.16. The lowest BCUT2D eigenvalue weighted by Gasteiger charge is -2.15. The van der Waals surface area contributed by atoms with Crippen LogP contribution in [-0.2, 0) is 0 Å². The van der Waals surface area contributed by atoms with Gasteiger partial charge in [-0.05, 0) is 42.8 Å². The van der Waals surface area contributed by atoms with Crippen LogP contribution in [-0.4, -0.2) is 37.8 Å². The number of thioether (sulfide) groups is 2. The maximum absolute atomic E-state index is 12.6. The molecule has 0 bridgehead atoms. The van der Waals surface area contributed by atoms with Crippen molar-refractivity contribution >= 4 is 29.5 Å². The Morgan fingerprint density at radius 2 is 1.79 bits per heavy atom. The monoisotopic (exact) mass is 442 g/mol. The summed E-state index contributed by atoms with van der Waals surface area (Å²) in [6.45, 7) is -1.07. The summed E-state index contributed by atoms with van der Waals surface area (Å²) in [7, 11) is 1.51. The third-order valence-electron chi connectivity index (χ3n) is 3.98. The van der Waals surface area contributed by atoms with Gasteiger partial charge in [0.2, 0.25) is 0 Å². The molecular weight excluding hydrogens is 422 g/mol. The van der Waals surface area contributed by atoms with E-state index in [9.17, 15) is 13.6 Å². The Kier molecular flexibility index (Phi) is 7.49. The molecule has 5 nitrogen and oxygen atoms in total. The molecule has 156 valence electrons. The third kappa shape index (κ3) is 5.48. The van der Waals surface area contributed by atoms with Crippen molar-refractivity contribution < 1.29 is 32.5 Å². The van der Waals surface area contributed by atoms with Crippen molar-refractivity contribution in [1.29, 1.82) is 0 Å². The summed E-state index contributed by atoms with van der Waals surface area (Å²) in [4.78, 5) is 12.6. The Morgan fingerprint density at radius 3 is 2.45 bits per heavy atom. The van der Waals surface area contributed by atoms with E-state index in [1.807, 2.05) is 35.7 Å². The molecule has 0 atom stereocenters. The summed E-state index contributed by atoms with van der Waals surface area (Å²) in [6, 6.07) is 9.38. The van der Waals surface area contributed by atoms with E-state index in [2.05, 4.69) is 4.74 Å². The zero-order valence-corrected chi connectivity index (χ0v) is 17.5. The highest BCUT2D eigenvalue weighted by Gasteiger charge is 2.21. The van der Waals surface area contributed by atoms with E-state index >= 15 is 0 Å². The van der Waals surface area contributed by atoms with E-state index < -0.39 is 12.6 Å². The molecule has 1 fully saturated rings. The van der Waals surface area contributed by atoms with Gasteiger partial charge in [-0.25, -0.2) is 4.79 Å². The number of hydrogen-bond acceptors (Lipinski definition) is 7. The van der Waals surface area contributed by atoms with Gasteiger partial charge in [0.15, 0.2) is 23.0 Å². The Hall–Kier alpha value is -2.13. The van der Waals surface area contributed by atoms with Gasteiger partial charge in [-0.1, -0.05) is 6.07 Å². The molecule has 1 aliphatic heterocycles. The van der Waals surface area contributed by atoms with Gasteiger partial charge < -0.3 is 18.9 Å². The molecule has 3 rings (SSSR count). The molecule has 9 heteroatoms. The van der Waals surface area contributed by atoms with Gasteiger partial charge in [-0.2, -0.15) is 8.78 Å². The molecule has 0 aliphatic carbocycles. The Labute approximate surface area is 176 Å². The van der Waals surface area contributed by atoms with Crippen LogP contribution in [0.2, 0.25) is 0 Å². The number of rotatable bonds is 8. The lowest BCUT2D eigenvalue weighted by molar-refractivity contribution is -0.0514. The summed E-state index contributed by atoms with van der Waals surface area (Å²) >= 11 is 3.73.